The number of aliphatic hydroxyl groups is 1. The zero-order valence-electron chi connectivity index (χ0n) is 9.41. The largest absolute Gasteiger partial charge is 0.458 e. The second kappa shape index (κ2) is 5.32. The van der Waals surface area contributed by atoms with E-state index < -0.39 is 17.7 Å². The smallest absolute Gasteiger partial charge is 0.335 e. The first kappa shape index (κ1) is 13.4. The second-order valence-corrected chi connectivity index (χ2v) is 4.60. The van der Waals surface area contributed by atoms with E-state index >= 15 is 0 Å². The Morgan fingerprint density at radius 3 is 2.29 bits per heavy atom. The van der Waals surface area contributed by atoms with Gasteiger partial charge in [0.2, 0.25) is 0 Å². The summed E-state index contributed by atoms with van der Waals surface area (Å²) in [6.45, 7) is 7.14. The summed E-state index contributed by atoms with van der Waals surface area (Å²) in [6.07, 6.45) is -0.0901. The number of rotatable bonds is 4. The Labute approximate surface area is 85.4 Å². The van der Waals surface area contributed by atoms with Gasteiger partial charge in [0.1, 0.15) is 5.60 Å². The van der Waals surface area contributed by atoms with Crippen LogP contribution in [0.1, 0.15) is 40.5 Å². The number of carbonyl (C=O) groups is 1. The lowest BCUT2D eigenvalue weighted by Crippen LogP contribution is -2.32. The number of ether oxygens (including phenoxy) is 1. The zero-order chi connectivity index (χ0) is 11.4. The highest BCUT2D eigenvalue weighted by Gasteiger charge is 2.22. The fourth-order valence-electron chi connectivity index (χ4n) is 0.908. The maximum Gasteiger partial charge on any atom is 0.335 e. The van der Waals surface area contributed by atoms with Gasteiger partial charge in [0.25, 0.3) is 0 Å². The van der Waals surface area contributed by atoms with Crippen molar-refractivity contribution in [3.05, 3.63) is 0 Å². The van der Waals surface area contributed by atoms with Crippen molar-refractivity contribution in [3.63, 3.8) is 0 Å². The molecule has 0 fully saturated rings. The van der Waals surface area contributed by atoms with Crippen LogP contribution in [0, 0.1) is 0 Å². The van der Waals surface area contributed by atoms with E-state index in [2.05, 4.69) is 0 Å². The average molecular weight is 203 g/mol. The van der Waals surface area contributed by atoms with Gasteiger partial charge >= 0.3 is 5.97 Å². The summed E-state index contributed by atoms with van der Waals surface area (Å²) >= 11 is 0. The average Bonchev–Trinajstić information content (AvgIpc) is 1.96. The van der Waals surface area contributed by atoms with Gasteiger partial charge in [-0.15, -0.1) is 0 Å². The zero-order valence-corrected chi connectivity index (χ0v) is 9.41. The van der Waals surface area contributed by atoms with Crippen molar-refractivity contribution in [2.24, 2.45) is 5.73 Å². The van der Waals surface area contributed by atoms with Gasteiger partial charge in [0, 0.05) is 6.04 Å². The summed E-state index contributed by atoms with van der Waals surface area (Å²) < 4.78 is 5.00. The van der Waals surface area contributed by atoms with E-state index in [4.69, 9.17) is 10.5 Å². The molecule has 3 N–H and O–H groups in total. The quantitative estimate of drug-likeness (QED) is 0.663. The van der Waals surface area contributed by atoms with Gasteiger partial charge in [-0.1, -0.05) is 0 Å². The lowest BCUT2D eigenvalue weighted by atomic mass is 10.1. The van der Waals surface area contributed by atoms with Crippen LogP contribution in [0.15, 0.2) is 0 Å². The highest BCUT2D eigenvalue weighted by Crippen LogP contribution is 2.10. The minimum atomic E-state index is -1.06. The van der Waals surface area contributed by atoms with Gasteiger partial charge in [0.15, 0.2) is 6.10 Å². The molecule has 4 heteroatoms. The van der Waals surface area contributed by atoms with E-state index in [1.807, 2.05) is 6.92 Å². The summed E-state index contributed by atoms with van der Waals surface area (Å²) in [7, 11) is 0. The molecule has 0 amide bonds. The van der Waals surface area contributed by atoms with Crippen molar-refractivity contribution < 1.29 is 14.6 Å². The van der Waals surface area contributed by atoms with Crippen molar-refractivity contribution >= 4 is 5.97 Å². The normalized spacial score (nSPS) is 16.1. The summed E-state index contributed by atoms with van der Waals surface area (Å²) in [5.41, 5.74) is 4.96. The van der Waals surface area contributed by atoms with Crippen LogP contribution < -0.4 is 5.73 Å². The molecule has 0 rings (SSSR count). The summed E-state index contributed by atoms with van der Waals surface area (Å²) in [4.78, 5) is 11.3. The van der Waals surface area contributed by atoms with E-state index in [0.717, 1.165) is 0 Å². The second-order valence-electron chi connectivity index (χ2n) is 4.60. The minimum absolute atomic E-state index is 0.00733. The molecule has 2 atom stereocenters. The number of hydrogen-bond donors (Lipinski definition) is 2. The van der Waals surface area contributed by atoms with Crippen LogP contribution in [0.5, 0.6) is 0 Å². The van der Waals surface area contributed by atoms with Crippen molar-refractivity contribution in [1.82, 2.24) is 0 Å². The lowest BCUT2D eigenvalue weighted by molar-refractivity contribution is -0.165. The number of carbonyl (C=O) groups excluding carboxylic acids is 1. The van der Waals surface area contributed by atoms with Crippen LogP contribution in [0.2, 0.25) is 0 Å². The van der Waals surface area contributed by atoms with Gasteiger partial charge in [-0.05, 0) is 40.5 Å². The fourth-order valence-corrected chi connectivity index (χ4v) is 0.908. The predicted octanol–water partition coefficient (Wildman–Crippen LogP) is 0.816. The van der Waals surface area contributed by atoms with E-state index in [1.165, 1.54) is 0 Å². The third-order valence-corrected chi connectivity index (χ3v) is 1.57. The van der Waals surface area contributed by atoms with Crippen molar-refractivity contribution in [1.29, 1.82) is 0 Å². The Bertz CT molecular complexity index is 184. The number of hydrogen-bond acceptors (Lipinski definition) is 4. The maximum atomic E-state index is 11.3. The molecule has 0 aliphatic heterocycles. The van der Waals surface area contributed by atoms with Crippen molar-refractivity contribution in [3.8, 4) is 0 Å². The molecule has 0 aromatic heterocycles. The molecule has 0 aliphatic rings. The minimum Gasteiger partial charge on any atom is -0.458 e. The SMILES string of the molecule is CC(N)CCC(O)C(=O)OC(C)(C)C. The third kappa shape index (κ3) is 6.86. The van der Waals surface area contributed by atoms with Gasteiger partial charge in [-0.25, -0.2) is 4.79 Å². The fraction of sp³-hybridized carbons (Fsp3) is 0.900. The Kier molecular flexibility index (Phi) is 5.08. The summed E-state index contributed by atoms with van der Waals surface area (Å²) in [5.74, 6) is -0.571. The molecule has 0 saturated carbocycles. The third-order valence-electron chi connectivity index (χ3n) is 1.57. The van der Waals surface area contributed by atoms with Crippen LogP contribution >= 0.6 is 0 Å². The van der Waals surface area contributed by atoms with Crippen molar-refractivity contribution in [2.45, 2.75) is 58.3 Å². The highest BCUT2D eigenvalue weighted by molar-refractivity contribution is 5.74. The first-order chi connectivity index (χ1) is 6.22. The van der Waals surface area contributed by atoms with Crippen LogP contribution in [-0.4, -0.2) is 28.8 Å². The maximum absolute atomic E-state index is 11.3. The van der Waals surface area contributed by atoms with E-state index in [0.29, 0.717) is 12.8 Å². The first-order valence-corrected chi connectivity index (χ1v) is 4.89. The summed E-state index contributed by atoms with van der Waals surface area (Å²) in [6, 6.07) is -0.00733. The van der Waals surface area contributed by atoms with Crippen LogP contribution in [0.25, 0.3) is 0 Å². The number of nitrogens with two attached hydrogens (primary N) is 1. The van der Waals surface area contributed by atoms with Crippen LogP contribution in [0.3, 0.4) is 0 Å². The molecule has 0 saturated heterocycles. The van der Waals surface area contributed by atoms with Crippen molar-refractivity contribution in [2.75, 3.05) is 0 Å². The lowest BCUT2D eigenvalue weighted by Gasteiger charge is -2.21. The van der Waals surface area contributed by atoms with Gasteiger partial charge < -0.3 is 15.6 Å². The summed E-state index contributed by atoms with van der Waals surface area (Å²) in [5, 5.41) is 9.40. The van der Waals surface area contributed by atoms with Gasteiger partial charge in [-0.3, -0.25) is 0 Å². The van der Waals surface area contributed by atoms with E-state index in [1.54, 1.807) is 20.8 Å². The molecule has 14 heavy (non-hydrogen) atoms. The van der Waals surface area contributed by atoms with Crippen LogP contribution in [-0.2, 0) is 9.53 Å². The van der Waals surface area contributed by atoms with E-state index in [-0.39, 0.29) is 6.04 Å². The molecule has 0 aliphatic carbocycles. The van der Waals surface area contributed by atoms with Gasteiger partial charge in [0.05, 0.1) is 0 Å². The first-order valence-electron chi connectivity index (χ1n) is 4.89. The Balaban J connectivity index is 3.88. The topological polar surface area (TPSA) is 72.5 Å². The Morgan fingerprint density at radius 2 is 1.93 bits per heavy atom. The predicted molar refractivity (Wildman–Crippen MR) is 54.7 cm³/mol. The Morgan fingerprint density at radius 1 is 1.43 bits per heavy atom. The van der Waals surface area contributed by atoms with Gasteiger partial charge in [-0.2, -0.15) is 0 Å². The molecule has 84 valence electrons. The molecule has 0 heterocycles. The molecule has 0 spiro atoms. The molecule has 0 aromatic rings. The molecule has 0 bridgehead atoms. The van der Waals surface area contributed by atoms with Crippen LogP contribution in [0.4, 0.5) is 0 Å². The molecule has 4 nitrogen and oxygen atoms in total. The molecular weight excluding hydrogens is 182 g/mol. The monoisotopic (exact) mass is 203 g/mol. The molecule has 0 aromatic carbocycles. The van der Waals surface area contributed by atoms with E-state index in [9.17, 15) is 9.90 Å². The molecular formula is C10H21NO3. The standard InChI is InChI=1S/C10H21NO3/c1-7(11)5-6-8(12)9(13)14-10(2,3)4/h7-8,12H,5-6,11H2,1-4H3. The highest BCUT2D eigenvalue weighted by atomic mass is 16.6. The Hall–Kier alpha value is -0.610. The molecule has 2 unspecified atom stereocenters. The number of esters is 1. The molecule has 0 radical (unpaired) electrons. The number of aliphatic hydroxyl groups excluding tert-OH is 1.